The largest absolute Gasteiger partial charge is 0.464 e. The van der Waals surface area contributed by atoms with E-state index in [1.165, 1.54) is 12.3 Å². The summed E-state index contributed by atoms with van der Waals surface area (Å²) in [5, 5.41) is 19.5. The average Bonchev–Trinajstić information content (AvgIpc) is 3.17. The van der Waals surface area contributed by atoms with Gasteiger partial charge in [0.05, 0.1) is 23.8 Å². The third-order valence-corrected chi connectivity index (χ3v) is 8.53. The van der Waals surface area contributed by atoms with Crippen molar-refractivity contribution >= 4 is 44.5 Å². The van der Waals surface area contributed by atoms with Gasteiger partial charge in [0.25, 0.3) is 15.9 Å². The Balaban J connectivity index is 1.56. The van der Waals surface area contributed by atoms with E-state index in [0.717, 1.165) is 9.69 Å². The minimum absolute atomic E-state index is 0.102. The third kappa shape index (κ3) is 8.32. The number of aromatic nitrogens is 2. The topological polar surface area (TPSA) is 183 Å². The molecule has 1 aliphatic rings. The molecule has 1 aromatic carbocycles. The van der Waals surface area contributed by atoms with Gasteiger partial charge in [-0.25, -0.2) is 28.6 Å². The summed E-state index contributed by atoms with van der Waals surface area (Å²) in [5.41, 5.74) is 2.47. The molecule has 0 saturated carbocycles. The van der Waals surface area contributed by atoms with E-state index in [-0.39, 0.29) is 47.8 Å². The van der Waals surface area contributed by atoms with Crippen molar-refractivity contribution in [2.24, 2.45) is 10.5 Å². The molecule has 3 heterocycles. The maximum Gasteiger partial charge on any atom is 0.425 e. The zero-order valence-corrected chi connectivity index (χ0v) is 25.0. The number of benzene rings is 1. The van der Waals surface area contributed by atoms with Gasteiger partial charge in [-0.15, -0.1) is 0 Å². The summed E-state index contributed by atoms with van der Waals surface area (Å²) in [4.78, 5) is 46.6. The van der Waals surface area contributed by atoms with Crippen LogP contribution in [0.2, 0.25) is 0 Å². The summed E-state index contributed by atoms with van der Waals surface area (Å²) in [6.07, 6.45) is 0.835. The van der Waals surface area contributed by atoms with Crippen LogP contribution in [0.3, 0.4) is 0 Å². The van der Waals surface area contributed by atoms with Gasteiger partial charge in [-0.1, -0.05) is 51.1 Å². The molecule has 4 N–H and O–H groups in total. The fourth-order valence-corrected chi connectivity index (χ4v) is 6.13. The molecule has 1 aliphatic heterocycles. The predicted octanol–water partition coefficient (Wildman–Crippen LogP) is 2.76. The van der Waals surface area contributed by atoms with Crippen LogP contribution in [0.15, 0.2) is 70.9 Å². The molecule has 3 amide bonds. The lowest BCUT2D eigenvalue weighted by Crippen LogP contribution is -2.53. The first kappa shape index (κ1) is 31.5. The lowest BCUT2D eigenvalue weighted by molar-refractivity contribution is -0.124. The van der Waals surface area contributed by atoms with Crippen LogP contribution in [0.25, 0.3) is 10.9 Å². The summed E-state index contributed by atoms with van der Waals surface area (Å²) in [6, 6.07) is 13.5. The lowest BCUT2D eigenvalue weighted by Gasteiger charge is -2.28. The molecule has 13 nitrogen and oxygen atoms in total. The van der Waals surface area contributed by atoms with E-state index in [9.17, 15) is 27.9 Å². The molecule has 0 bridgehead atoms. The molecule has 2 unspecified atom stereocenters. The van der Waals surface area contributed by atoms with Crippen LogP contribution in [0.1, 0.15) is 50.5 Å². The van der Waals surface area contributed by atoms with E-state index in [2.05, 4.69) is 25.7 Å². The fraction of sp³-hybridized carbons (Fsp3) is 0.379. The first-order chi connectivity index (χ1) is 20.3. The van der Waals surface area contributed by atoms with Gasteiger partial charge in [-0.3, -0.25) is 9.59 Å². The molecule has 0 radical (unpaired) electrons. The summed E-state index contributed by atoms with van der Waals surface area (Å²) >= 11 is 0. The van der Waals surface area contributed by atoms with Gasteiger partial charge < -0.3 is 15.7 Å². The first-order valence-corrected chi connectivity index (χ1v) is 15.2. The lowest BCUT2D eigenvalue weighted by atomic mass is 9.87. The van der Waals surface area contributed by atoms with Crippen molar-refractivity contribution in [3.05, 3.63) is 66.5 Å². The summed E-state index contributed by atoms with van der Waals surface area (Å²) in [5.74, 6) is -1.04. The molecular formula is C29H35N7O6S. The van der Waals surface area contributed by atoms with Gasteiger partial charge in [0.15, 0.2) is 5.03 Å². The molecule has 228 valence electrons. The Hall–Kier alpha value is -4.43. The van der Waals surface area contributed by atoms with E-state index in [0.29, 0.717) is 11.9 Å². The number of hydrogen-bond acceptors (Lipinski definition) is 8. The Labute approximate surface area is 249 Å². The minimum atomic E-state index is -4.02. The van der Waals surface area contributed by atoms with Gasteiger partial charge in [0.2, 0.25) is 5.91 Å². The highest BCUT2D eigenvalue weighted by atomic mass is 32.2. The van der Waals surface area contributed by atoms with Gasteiger partial charge >= 0.3 is 6.09 Å². The van der Waals surface area contributed by atoms with Gasteiger partial charge in [-0.2, -0.15) is 9.41 Å². The summed E-state index contributed by atoms with van der Waals surface area (Å²) < 4.78 is 27.7. The number of carboxylic acid groups (broad SMARTS) is 1. The second-order valence-corrected chi connectivity index (χ2v) is 13.3. The van der Waals surface area contributed by atoms with Crippen molar-refractivity contribution in [1.29, 1.82) is 0 Å². The Kier molecular flexibility index (Phi) is 9.71. The number of pyridine rings is 2. The predicted molar refractivity (Wildman–Crippen MR) is 160 cm³/mol. The van der Waals surface area contributed by atoms with Gasteiger partial charge in [0, 0.05) is 18.1 Å². The van der Waals surface area contributed by atoms with Crippen molar-refractivity contribution in [3.8, 4) is 0 Å². The van der Waals surface area contributed by atoms with Crippen molar-refractivity contribution in [3.63, 3.8) is 0 Å². The van der Waals surface area contributed by atoms with E-state index >= 15 is 0 Å². The van der Waals surface area contributed by atoms with Crippen molar-refractivity contribution in [1.82, 2.24) is 30.3 Å². The van der Waals surface area contributed by atoms with Crippen LogP contribution in [-0.4, -0.2) is 76.6 Å². The number of nitrogens with zero attached hydrogens (tertiary/aromatic N) is 4. The number of carbonyl (C=O) groups excluding carboxylic acids is 2. The first-order valence-electron chi connectivity index (χ1n) is 13.8. The zero-order valence-electron chi connectivity index (χ0n) is 24.1. The molecule has 1 fully saturated rings. The Morgan fingerprint density at radius 1 is 1.09 bits per heavy atom. The molecule has 2 atom stereocenters. The molecule has 3 aromatic rings. The highest BCUT2D eigenvalue weighted by Gasteiger charge is 2.35. The molecule has 14 heteroatoms. The monoisotopic (exact) mass is 609 g/mol. The molecule has 4 rings (SSSR count). The second kappa shape index (κ2) is 13.3. The molecule has 0 spiro atoms. The van der Waals surface area contributed by atoms with Crippen molar-refractivity contribution in [2.75, 3.05) is 13.1 Å². The van der Waals surface area contributed by atoms with Crippen LogP contribution in [0.4, 0.5) is 4.79 Å². The molecule has 43 heavy (non-hydrogen) atoms. The van der Waals surface area contributed by atoms with E-state index in [1.54, 1.807) is 30.3 Å². The Morgan fingerprint density at radius 2 is 1.84 bits per heavy atom. The maximum absolute atomic E-state index is 13.7. The normalized spacial score (nSPS) is 18.0. The van der Waals surface area contributed by atoms with Crippen LogP contribution in [-0.2, 0) is 14.8 Å². The summed E-state index contributed by atoms with van der Waals surface area (Å²) in [6.45, 7) is 5.63. The SMILES string of the molecule is CC(C)(C)CC(NC(=O)c1ccc2ccccc2n1)C(=O)NC1CCCN(S(=O)(=O)c2ccccn2)CC1=NNC(=O)O. The minimum Gasteiger partial charge on any atom is -0.464 e. The Bertz CT molecular complexity index is 1620. The fourth-order valence-electron chi connectivity index (χ4n) is 4.75. The van der Waals surface area contributed by atoms with Crippen LogP contribution >= 0.6 is 0 Å². The van der Waals surface area contributed by atoms with E-state index in [1.807, 2.05) is 44.4 Å². The standard InChI is InChI=1S/C29H35N7O6S/c1-29(2,3)17-23(33-26(37)22-14-13-19-9-4-5-10-20(19)31-22)27(38)32-21-11-8-16-36(18-24(21)34-35-28(39)40)43(41,42)25-12-6-7-15-30-25/h4-7,9-10,12-15,21,23,35H,8,11,16-18H2,1-3H3,(H,32,38)(H,33,37)(H,39,40). The van der Waals surface area contributed by atoms with Gasteiger partial charge in [-0.05, 0) is 48.9 Å². The number of amides is 3. The summed E-state index contributed by atoms with van der Waals surface area (Å²) in [7, 11) is -4.02. The molecular weight excluding hydrogens is 574 g/mol. The quantitative estimate of drug-likeness (QED) is 0.281. The van der Waals surface area contributed by atoms with Crippen LogP contribution < -0.4 is 16.1 Å². The maximum atomic E-state index is 13.7. The smallest absolute Gasteiger partial charge is 0.425 e. The second-order valence-electron chi connectivity index (χ2n) is 11.4. The van der Waals surface area contributed by atoms with Crippen molar-refractivity contribution < 1.29 is 27.9 Å². The zero-order chi connectivity index (χ0) is 31.2. The molecule has 2 aromatic heterocycles. The number of carbonyl (C=O) groups is 3. The number of hydrazone groups is 1. The molecule has 0 aliphatic carbocycles. The number of sulfonamides is 1. The highest BCUT2D eigenvalue weighted by molar-refractivity contribution is 7.89. The Morgan fingerprint density at radius 3 is 2.53 bits per heavy atom. The molecule has 1 saturated heterocycles. The number of hydrogen-bond donors (Lipinski definition) is 4. The highest BCUT2D eigenvalue weighted by Crippen LogP contribution is 2.23. The van der Waals surface area contributed by atoms with Crippen molar-refractivity contribution in [2.45, 2.75) is 57.1 Å². The van der Waals surface area contributed by atoms with Crippen LogP contribution in [0, 0.1) is 5.41 Å². The number of nitrogens with one attached hydrogen (secondary N) is 3. The average molecular weight is 610 g/mol. The number of para-hydroxylation sites is 1. The van der Waals surface area contributed by atoms with E-state index in [4.69, 9.17) is 0 Å². The number of rotatable bonds is 8. The number of fused-ring (bicyclic) bond motifs is 1. The van der Waals surface area contributed by atoms with Gasteiger partial charge in [0.1, 0.15) is 11.7 Å². The third-order valence-electron chi connectivity index (χ3n) is 6.76. The van der Waals surface area contributed by atoms with E-state index < -0.39 is 40.0 Å². The van der Waals surface area contributed by atoms with Crippen LogP contribution in [0.5, 0.6) is 0 Å².